The Bertz CT molecular complexity index is 540. The molecular weight excluding hydrogens is 314 g/mol. The van der Waals surface area contributed by atoms with Crippen LogP contribution in [0, 0.1) is 0 Å². The predicted molar refractivity (Wildman–Crippen MR) is 86.9 cm³/mol. The number of ether oxygens (including phenoxy) is 1. The largest absolute Gasteiger partial charge is 0.488 e. The molecule has 2 rings (SSSR count). The summed E-state index contributed by atoms with van der Waals surface area (Å²) in [4.78, 5) is 0. The molecule has 106 valence electrons. The summed E-state index contributed by atoms with van der Waals surface area (Å²) >= 11 is 3.54. The molecule has 2 aromatic rings. The lowest BCUT2D eigenvalue weighted by Crippen LogP contribution is -2.21. The van der Waals surface area contributed by atoms with Gasteiger partial charge in [0.25, 0.3) is 0 Å². The van der Waals surface area contributed by atoms with Gasteiger partial charge in [0.05, 0.1) is 4.47 Å². The molecule has 20 heavy (non-hydrogen) atoms. The third kappa shape index (κ3) is 4.66. The van der Waals surface area contributed by atoms with Gasteiger partial charge in [0.2, 0.25) is 0 Å². The Morgan fingerprint density at radius 2 is 1.80 bits per heavy atom. The molecule has 0 heterocycles. The third-order valence-electron chi connectivity index (χ3n) is 2.95. The molecule has 0 amide bonds. The monoisotopic (exact) mass is 333 g/mol. The highest BCUT2D eigenvalue weighted by Gasteiger charge is 2.04. The lowest BCUT2D eigenvalue weighted by Gasteiger charge is -2.12. The molecule has 0 aromatic heterocycles. The van der Waals surface area contributed by atoms with Crippen LogP contribution in [0.1, 0.15) is 25.0 Å². The summed E-state index contributed by atoms with van der Waals surface area (Å²) in [7, 11) is 0. The first-order valence-electron chi connectivity index (χ1n) is 6.83. The van der Waals surface area contributed by atoms with Gasteiger partial charge in [-0.3, -0.25) is 0 Å². The first-order chi connectivity index (χ1) is 9.65. The van der Waals surface area contributed by atoms with E-state index in [2.05, 4.69) is 59.4 Å². The molecule has 0 bridgehead atoms. The van der Waals surface area contributed by atoms with E-state index in [4.69, 9.17) is 4.74 Å². The highest BCUT2D eigenvalue weighted by atomic mass is 79.9. The molecule has 2 aromatic carbocycles. The molecule has 0 saturated heterocycles. The maximum Gasteiger partial charge on any atom is 0.134 e. The Kier molecular flexibility index (Phi) is 5.62. The first kappa shape index (κ1) is 15.1. The normalized spacial score (nSPS) is 10.8. The zero-order valence-corrected chi connectivity index (χ0v) is 13.5. The molecule has 0 spiro atoms. The van der Waals surface area contributed by atoms with Crippen molar-refractivity contribution in [3.8, 4) is 5.75 Å². The average Bonchev–Trinajstić information content (AvgIpc) is 2.46. The molecular formula is C17H20BrNO. The van der Waals surface area contributed by atoms with E-state index in [0.29, 0.717) is 12.6 Å². The quantitative estimate of drug-likeness (QED) is 0.838. The second-order valence-corrected chi connectivity index (χ2v) is 5.93. The van der Waals surface area contributed by atoms with Crippen LogP contribution in [0.25, 0.3) is 0 Å². The van der Waals surface area contributed by atoms with Crippen LogP contribution in [-0.2, 0) is 13.2 Å². The second kappa shape index (κ2) is 7.46. The topological polar surface area (TPSA) is 21.3 Å². The molecule has 0 unspecified atom stereocenters. The van der Waals surface area contributed by atoms with Crippen molar-refractivity contribution in [1.82, 2.24) is 5.32 Å². The first-order valence-corrected chi connectivity index (χ1v) is 7.63. The fraction of sp³-hybridized carbons (Fsp3) is 0.294. The standard InChI is InChI=1S/C17H20BrNO/c1-13(2)19-11-15-8-9-16(18)17(10-15)20-12-14-6-4-3-5-7-14/h3-10,13,19H,11-12H2,1-2H3. The maximum atomic E-state index is 5.90. The molecule has 0 saturated carbocycles. The zero-order chi connectivity index (χ0) is 14.4. The van der Waals surface area contributed by atoms with E-state index in [-0.39, 0.29) is 0 Å². The Hall–Kier alpha value is -1.32. The van der Waals surface area contributed by atoms with Gasteiger partial charge < -0.3 is 10.1 Å². The summed E-state index contributed by atoms with van der Waals surface area (Å²) in [6.07, 6.45) is 0. The number of nitrogens with one attached hydrogen (secondary N) is 1. The van der Waals surface area contributed by atoms with Gasteiger partial charge >= 0.3 is 0 Å². The Morgan fingerprint density at radius 1 is 1.05 bits per heavy atom. The van der Waals surface area contributed by atoms with Crippen LogP contribution >= 0.6 is 15.9 Å². The number of rotatable bonds is 6. The van der Waals surface area contributed by atoms with Crippen molar-refractivity contribution in [2.24, 2.45) is 0 Å². The fourth-order valence-corrected chi connectivity index (χ4v) is 2.19. The number of benzene rings is 2. The summed E-state index contributed by atoms with van der Waals surface area (Å²) in [6, 6.07) is 16.9. The van der Waals surface area contributed by atoms with E-state index in [9.17, 15) is 0 Å². The molecule has 1 N–H and O–H groups in total. The minimum absolute atomic E-state index is 0.479. The molecule has 0 radical (unpaired) electrons. The summed E-state index contributed by atoms with van der Waals surface area (Å²) < 4.78 is 6.88. The van der Waals surface area contributed by atoms with Crippen LogP contribution in [-0.4, -0.2) is 6.04 Å². The average molecular weight is 334 g/mol. The minimum Gasteiger partial charge on any atom is -0.488 e. The van der Waals surface area contributed by atoms with Crippen molar-refractivity contribution in [1.29, 1.82) is 0 Å². The van der Waals surface area contributed by atoms with Gasteiger partial charge in [0, 0.05) is 12.6 Å². The van der Waals surface area contributed by atoms with Gasteiger partial charge in [0.1, 0.15) is 12.4 Å². The van der Waals surface area contributed by atoms with E-state index in [1.54, 1.807) is 0 Å². The summed E-state index contributed by atoms with van der Waals surface area (Å²) in [5.41, 5.74) is 2.40. The molecule has 0 fully saturated rings. The van der Waals surface area contributed by atoms with E-state index in [0.717, 1.165) is 16.8 Å². The number of halogens is 1. The highest BCUT2D eigenvalue weighted by molar-refractivity contribution is 9.10. The van der Waals surface area contributed by atoms with Gasteiger partial charge in [-0.25, -0.2) is 0 Å². The van der Waals surface area contributed by atoms with Crippen molar-refractivity contribution in [2.75, 3.05) is 0 Å². The predicted octanol–water partition coefficient (Wildman–Crippen LogP) is 4.53. The van der Waals surface area contributed by atoms with Gasteiger partial charge in [0.15, 0.2) is 0 Å². The zero-order valence-electron chi connectivity index (χ0n) is 11.9. The van der Waals surface area contributed by atoms with Gasteiger partial charge in [-0.15, -0.1) is 0 Å². The Morgan fingerprint density at radius 3 is 2.50 bits per heavy atom. The van der Waals surface area contributed by atoms with E-state index >= 15 is 0 Å². The summed E-state index contributed by atoms with van der Waals surface area (Å²) in [6.45, 7) is 5.73. The summed E-state index contributed by atoms with van der Waals surface area (Å²) in [5.74, 6) is 0.886. The minimum atomic E-state index is 0.479. The molecule has 2 nitrogen and oxygen atoms in total. The van der Waals surface area contributed by atoms with Crippen LogP contribution in [0.3, 0.4) is 0 Å². The second-order valence-electron chi connectivity index (χ2n) is 5.07. The van der Waals surface area contributed by atoms with Crippen molar-refractivity contribution in [3.05, 3.63) is 64.1 Å². The van der Waals surface area contributed by atoms with Crippen LogP contribution in [0.15, 0.2) is 53.0 Å². The molecule has 3 heteroatoms. The summed E-state index contributed by atoms with van der Waals surface area (Å²) in [5, 5.41) is 3.41. The van der Waals surface area contributed by atoms with Crippen LogP contribution in [0.2, 0.25) is 0 Å². The lowest BCUT2D eigenvalue weighted by atomic mass is 10.2. The van der Waals surface area contributed by atoms with Crippen molar-refractivity contribution in [3.63, 3.8) is 0 Å². The van der Waals surface area contributed by atoms with Crippen LogP contribution < -0.4 is 10.1 Å². The molecule has 0 aliphatic heterocycles. The lowest BCUT2D eigenvalue weighted by molar-refractivity contribution is 0.304. The smallest absolute Gasteiger partial charge is 0.134 e. The van der Waals surface area contributed by atoms with E-state index in [1.807, 2.05) is 24.3 Å². The molecule has 0 aliphatic carbocycles. The third-order valence-corrected chi connectivity index (χ3v) is 3.60. The van der Waals surface area contributed by atoms with Gasteiger partial charge in [-0.2, -0.15) is 0 Å². The van der Waals surface area contributed by atoms with Gasteiger partial charge in [-0.1, -0.05) is 50.2 Å². The number of hydrogen-bond donors (Lipinski definition) is 1. The van der Waals surface area contributed by atoms with Crippen molar-refractivity contribution < 1.29 is 4.74 Å². The fourth-order valence-electron chi connectivity index (χ4n) is 1.83. The number of hydrogen-bond acceptors (Lipinski definition) is 2. The van der Waals surface area contributed by atoms with Gasteiger partial charge in [-0.05, 0) is 39.2 Å². The van der Waals surface area contributed by atoms with Crippen molar-refractivity contribution >= 4 is 15.9 Å². The molecule has 0 aliphatic rings. The van der Waals surface area contributed by atoms with Crippen LogP contribution in [0.5, 0.6) is 5.75 Å². The Labute approximate surface area is 129 Å². The van der Waals surface area contributed by atoms with E-state index in [1.165, 1.54) is 11.1 Å². The SMILES string of the molecule is CC(C)NCc1ccc(Br)c(OCc2ccccc2)c1. The van der Waals surface area contributed by atoms with Crippen LogP contribution in [0.4, 0.5) is 0 Å². The maximum absolute atomic E-state index is 5.90. The van der Waals surface area contributed by atoms with Crippen molar-refractivity contribution in [2.45, 2.75) is 33.0 Å². The Balaban J connectivity index is 2.01. The highest BCUT2D eigenvalue weighted by Crippen LogP contribution is 2.27. The molecule has 0 atom stereocenters. The van der Waals surface area contributed by atoms with E-state index < -0.39 is 0 Å².